The molecule has 1 aliphatic heterocycles. The van der Waals surface area contributed by atoms with E-state index in [1.54, 1.807) is 6.33 Å². The molecule has 0 bridgehead atoms. The van der Waals surface area contributed by atoms with Crippen LogP contribution in [0.4, 0.5) is 0 Å². The molecule has 6 nitrogen and oxygen atoms in total. The number of nitrogens with one attached hydrogen (secondary N) is 1. The standard InChI is InChI=1S/C20H30N6/c1-4-21-20(25-11-10-17(14-25)12-16(2)3)22-13-19-24-23-15-26(19)18-8-6-5-7-9-18/h5-9,15-17H,4,10-14H2,1-3H3,(H,21,22). The second-order valence-corrected chi connectivity index (χ2v) is 7.35. The fourth-order valence-electron chi connectivity index (χ4n) is 3.63. The van der Waals surface area contributed by atoms with Crippen molar-refractivity contribution >= 4 is 5.96 Å². The number of hydrogen-bond donors (Lipinski definition) is 1. The lowest BCUT2D eigenvalue weighted by Gasteiger charge is -2.22. The molecule has 1 aromatic heterocycles. The number of aromatic nitrogens is 3. The molecule has 6 heteroatoms. The van der Waals surface area contributed by atoms with Gasteiger partial charge in [-0.1, -0.05) is 32.0 Å². The van der Waals surface area contributed by atoms with E-state index in [0.717, 1.165) is 48.9 Å². The fraction of sp³-hybridized carbons (Fsp3) is 0.550. The van der Waals surface area contributed by atoms with E-state index in [-0.39, 0.29) is 0 Å². The van der Waals surface area contributed by atoms with Crippen LogP contribution in [0, 0.1) is 11.8 Å². The molecular weight excluding hydrogens is 324 g/mol. The predicted octanol–water partition coefficient (Wildman–Crippen LogP) is 3.10. The van der Waals surface area contributed by atoms with Crippen molar-refractivity contribution in [1.82, 2.24) is 25.0 Å². The Morgan fingerprint density at radius 2 is 2.12 bits per heavy atom. The molecule has 1 saturated heterocycles. The summed E-state index contributed by atoms with van der Waals surface area (Å²) in [6.45, 7) is 10.3. The van der Waals surface area contributed by atoms with Crippen LogP contribution in [0.2, 0.25) is 0 Å². The van der Waals surface area contributed by atoms with Crippen molar-refractivity contribution in [2.24, 2.45) is 16.8 Å². The fourth-order valence-corrected chi connectivity index (χ4v) is 3.63. The van der Waals surface area contributed by atoms with Gasteiger partial charge in [0.2, 0.25) is 0 Å². The molecule has 26 heavy (non-hydrogen) atoms. The molecule has 0 spiro atoms. The van der Waals surface area contributed by atoms with E-state index in [4.69, 9.17) is 4.99 Å². The van der Waals surface area contributed by atoms with Gasteiger partial charge in [-0.25, -0.2) is 4.99 Å². The second-order valence-electron chi connectivity index (χ2n) is 7.35. The average Bonchev–Trinajstić information content (AvgIpc) is 3.28. The van der Waals surface area contributed by atoms with Gasteiger partial charge in [0, 0.05) is 25.3 Å². The predicted molar refractivity (Wildman–Crippen MR) is 105 cm³/mol. The minimum Gasteiger partial charge on any atom is -0.357 e. The molecule has 140 valence electrons. The summed E-state index contributed by atoms with van der Waals surface area (Å²) in [4.78, 5) is 7.23. The van der Waals surface area contributed by atoms with Crippen LogP contribution in [0.1, 0.15) is 39.4 Å². The van der Waals surface area contributed by atoms with Crippen LogP contribution in [0.15, 0.2) is 41.7 Å². The summed E-state index contributed by atoms with van der Waals surface area (Å²) in [5.74, 6) is 3.36. The highest BCUT2D eigenvalue weighted by atomic mass is 15.3. The molecular formula is C20H30N6. The maximum absolute atomic E-state index is 4.85. The van der Waals surface area contributed by atoms with E-state index in [0.29, 0.717) is 6.54 Å². The summed E-state index contributed by atoms with van der Waals surface area (Å²) in [5.41, 5.74) is 1.06. The third-order valence-electron chi connectivity index (χ3n) is 4.75. The van der Waals surface area contributed by atoms with E-state index >= 15 is 0 Å². The van der Waals surface area contributed by atoms with Crippen molar-refractivity contribution in [3.05, 3.63) is 42.5 Å². The molecule has 1 N–H and O–H groups in total. The first-order valence-electron chi connectivity index (χ1n) is 9.65. The number of para-hydroxylation sites is 1. The summed E-state index contributed by atoms with van der Waals surface area (Å²) in [6.07, 6.45) is 4.29. The van der Waals surface area contributed by atoms with Gasteiger partial charge in [0.25, 0.3) is 0 Å². The highest BCUT2D eigenvalue weighted by molar-refractivity contribution is 5.80. The van der Waals surface area contributed by atoms with Gasteiger partial charge >= 0.3 is 0 Å². The van der Waals surface area contributed by atoms with Gasteiger partial charge < -0.3 is 10.2 Å². The Morgan fingerprint density at radius 1 is 1.31 bits per heavy atom. The van der Waals surface area contributed by atoms with Crippen molar-refractivity contribution in [3.63, 3.8) is 0 Å². The maximum Gasteiger partial charge on any atom is 0.194 e. The van der Waals surface area contributed by atoms with Gasteiger partial charge in [-0.2, -0.15) is 0 Å². The molecule has 1 aromatic carbocycles. The topological polar surface area (TPSA) is 58.3 Å². The van der Waals surface area contributed by atoms with Crippen molar-refractivity contribution in [1.29, 1.82) is 0 Å². The number of hydrogen-bond acceptors (Lipinski definition) is 3. The lowest BCUT2D eigenvalue weighted by molar-refractivity contribution is 0.403. The van der Waals surface area contributed by atoms with Gasteiger partial charge in [0.1, 0.15) is 12.9 Å². The zero-order valence-electron chi connectivity index (χ0n) is 16.1. The normalized spacial score (nSPS) is 17.9. The lowest BCUT2D eigenvalue weighted by atomic mass is 9.97. The Labute approximate surface area is 156 Å². The number of likely N-dealkylation sites (tertiary alicyclic amines) is 1. The van der Waals surface area contributed by atoms with Crippen LogP contribution in [-0.4, -0.2) is 45.3 Å². The Balaban J connectivity index is 1.70. The smallest absolute Gasteiger partial charge is 0.194 e. The largest absolute Gasteiger partial charge is 0.357 e. The molecule has 0 radical (unpaired) electrons. The van der Waals surface area contributed by atoms with Gasteiger partial charge in [-0.3, -0.25) is 4.57 Å². The van der Waals surface area contributed by atoms with Gasteiger partial charge in [-0.15, -0.1) is 10.2 Å². The second kappa shape index (κ2) is 8.83. The molecule has 1 fully saturated rings. The highest BCUT2D eigenvalue weighted by Gasteiger charge is 2.25. The average molecular weight is 355 g/mol. The number of aliphatic imine (C=N–C) groups is 1. The van der Waals surface area contributed by atoms with Crippen molar-refractivity contribution in [2.75, 3.05) is 19.6 Å². The van der Waals surface area contributed by atoms with Gasteiger partial charge in [0.05, 0.1) is 0 Å². The molecule has 2 heterocycles. The molecule has 3 rings (SSSR count). The van der Waals surface area contributed by atoms with Crippen LogP contribution in [0.5, 0.6) is 0 Å². The van der Waals surface area contributed by atoms with Crippen LogP contribution in [-0.2, 0) is 6.54 Å². The van der Waals surface area contributed by atoms with E-state index in [2.05, 4.69) is 53.3 Å². The zero-order valence-corrected chi connectivity index (χ0v) is 16.1. The minimum atomic E-state index is 0.516. The van der Waals surface area contributed by atoms with Crippen molar-refractivity contribution in [3.8, 4) is 5.69 Å². The van der Waals surface area contributed by atoms with Crippen LogP contribution >= 0.6 is 0 Å². The molecule has 0 aliphatic carbocycles. The Morgan fingerprint density at radius 3 is 2.85 bits per heavy atom. The number of guanidine groups is 1. The summed E-state index contributed by atoms with van der Waals surface area (Å²) < 4.78 is 2.00. The van der Waals surface area contributed by atoms with Crippen LogP contribution < -0.4 is 5.32 Å². The number of rotatable bonds is 6. The van der Waals surface area contributed by atoms with E-state index in [9.17, 15) is 0 Å². The summed E-state index contributed by atoms with van der Waals surface area (Å²) >= 11 is 0. The summed E-state index contributed by atoms with van der Waals surface area (Å²) in [6, 6.07) is 10.2. The third kappa shape index (κ3) is 4.62. The Hall–Kier alpha value is -2.37. The van der Waals surface area contributed by atoms with Crippen LogP contribution in [0.3, 0.4) is 0 Å². The van der Waals surface area contributed by atoms with Crippen LogP contribution in [0.25, 0.3) is 5.69 Å². The number of benzene rings is 1. The molecule has 0 saturated carbocycles. The monoisotopic (exact) mass is 354 g/mol. The molecule has 0 amide bonds. The third-order valence-corrected chi connectivity index (χ3v) is 4.75. The quantitative estimate of drug-likeness (QED) is 0.640. The summed E-state index contributed by atoms with van der Waals surface area (Å²) in [5, 5.41) is 11.8. The Kier molecular flexibility index (Phi) is 6.26. The minimum absolute atomic E-state index is 0.516. The zero-order chi connectivity index (χ0) is 18.4. The molecule has 2 aromatic rings. The van der Waals surface area contributed by atoms with E-state index in [1.165, 1.54) is 12.8 Å². The summed E-state index contributed by atoms with van der Waals surface area (Å²) in [7, 11) is 0. The van der Waals surface area contributed by atoms with Crippen molar-refractivity contribution in [2.45, 2.75) is 40.2 Å². The van der Waals surface area contributed by atoms with Gasteiger partial charge in [-0.05, 0) is 43.7 Å². The SMILES string of the molecule is CCNC(=NCc1nncn1-c1ccccc1)N1CCC(CC(C)C)C1. The highest BCUT2D eigenvalue weighted by Crippen LogP contribution is 2.23. The molecule has 1 aliphatic rings. The number of nitrogens with zero attached hydrogens (tertiary/aromatic N) is 5. The van der Waals surface area contributed by atoms with Gasteiger partial charge in [0.15, 0.2) is 11.8 Å². The maximum atomic E-state index is 4.85. The first-order chi connectivity index (χ1) is 12.7. The van der Waals surface area contributed by atoms with E-state index < -0.39 is 0 Å². The Bertz CT molecular complexity index is 706. The molecule has 1 atom stereocenters. The molecule has 1 unspecified atom stereocenters. The van der Waals surface area contributed by atoms with E-state index in [1.807, 2.05) is 22.8 Å². The lowest BCUT2D eigenvalue weighted by Crippen LogP contribution is -2.40. The van der Waals surface area contributed by atoms with Crippen molar-refractivity contribution < 1.29 is 0 Å². The first-order valence-corrected chi connectivity index (χ1v) is 9.65. The first kappa shape index (κ1) is 18.4.